The average molecular weight is 314 g/mol. The monoisotopic (exact) mass is 313 g/mol. The topological polar surface area (TPSA) is 45.2 Å². The van der Waals surface area contributed by atoms with Gasteiger partial charge in [0, 0.05) is 23.8 Å². The van der Waals surface area contributed by atoms with Gasteiger partial charge in [0.15, 0.2) is 0 Å². The zero-order valence-electron chi connectivity index (χ0n) is 11.1. The van der Waals surface area contributed by atoms with Crippen LogP contribution in [0.4, 0.5) is 0 Å². The molecule has 1 aromatic heterocycles. The molecule has 0 aromatic carbocycles. The maximum atomic E-state index is 11.6. The number of hydrogen-bond donors (Lipinski definition) is 1. The maximum absolute atomic E-state index is 11.6. The molecule has 0 aliphatic heterocycles. The van der Waals surface area contributed by atoms with Gasteiger partial charge in [0.05, 0.1) is 12.2 Å². The van der Waals surface area contributed by atoms with Gasteiger partial charge in [0.1, 0.15) is 0 Å². The summed E-state index contributed by atoms with van der Waals surface area (Å²) in [6, 6.07) is 3.90. The van der Waals surface area contributed by atoms with Crippen LogP contribution in [0.25, 0.3) is 0 Å². The number of amides is 1. The lowest BCUT2D eigenvalue weighted by molar-refractivity contribution is -0.122. The van der Waals surface area contributed by atoms with Crippen molar-refractivity contribution in [2.24, 2.45) is 5.92 Å². The van der Waals surface area contributed by atoms with E-state index in [1.165, 1.54) is 0 Å². The van der Waals surface area contributed by atoms with Crippen molar-refractivity contribution in [3.8, 4) is 0 Å². The summed E-state index contributed by atoms with van der Waals surface area (Å²) in [7, 11) is 1.92. The van der Waals surface area contributed by atoms with Crippen molar-refractivity contribution in [1.29, 1.82) is 0 Å². The van der Waals surface area contributed by atoms with E-state index in [4.69, 9.17) is 0 Å². The molecule has 0 saturated carbocycles. The lowest BCUT2D eigenvalue weighted by Crippen LogP contribution is -2.36. The summed E-state index contributed by atoms with van der Waals surface area (Å²) < 4.78 is 0.962. The second-order valence-electron chi connectivity index (χ2n) is 4.84. The van der Waals surface area contributed by atoms with E-state index >= 15 is 0 Å². The van der Waals surface area contributed by atoms with E-state index in [1.807, 2.05) is 24.1 Å². The van der Waals surface area contributed by atoms with E-state index in [2.05, 4.69) is 40.1 Å². The first kappa shape index (κ1) is 15.1. The standard InChI is InChI=1S/C13H20BrN3O/c1-10(2)6-16-13(18)9-17(3)8-12-5-4-11(14)7-15-12/h4-5,7,10H,6,8-9H2,1-3H3,(H,16,18). The van der Waals surface area contributed by atoms with Gasteiger partial charge in [-0.2, -0.15) is 0 Å². The summed E-state index contributed by atoms with van der Waals surface area (Å²) in [5.74, 6) is 0.538. The van der Waals surface area contributed by atoms with E-state index < -0.39 is 0 Å². The lowest BCUT2D eigenvalue weighted by atomic mass is 10.2. The van der Waals surface area contributed by atoms with Crippen molar-refractivity contribution in [3.63, 3.8) is 0 Å². The van der Waals surface area contributed by atoms with Crippen LogP contribution in [0, 0.1) is 5.92 Å². The minimum atomic E-state index is 0.0586. The average Bonchev–Trinajstić information content (AvgIpc) is 2.29. The number of hydrogen-bond acceptors (Lipinski definition) is 3. The molecule has 0 spiro atoms. The van der Waals surface area contributed by atoms with E-state index in [0.29, 0.717) is 19.0 Å². The summed E-state index contributed by atoms with van der Waals surface area (Å²) >= 11 is 3.35. The molecule has 1 amide bonds. The van der Waals surface area contributed by atoms with Gasteiger partial charge in [-0.25, -0.2) is 0 Å². The van der Waals surface area contributed by atoms with Crippen LogP contribution in [0.1, 0.15) is 19.5 Å². The van der Waals surface area contributed by atoms with Crippen LogP contribution < -0.4 is 5.32 Å². The molecule has 1 rings (SSSR count). The number of halogens is 1. The Balaban J connectivity index is 2.34. The summed E-state index contributed by atoms with van der Waals surface area (Å²) in [6.07, 6.45) is 1.77. The smallest absolute Gasteiger partial charge is 0.234 e. The van der Waals surface area contributed by atoms with Crippen molar-refractivity contribution in [3.05, 3.63) is 28.5 Å². The number of nitrogens with zero attached hydrogens (tertiary/aromatic N) is 2. The molecule has 5 heteroatoms. The van der Waals surface area contributed by atoms with E-state index in [-0.39, 0.29) is 5.91 Å². The van der Waals surface area contributed by atoms with Gasteiger partial charge in [-0.05, 0) is 41.0 Å². The van der Waals surface area contributed by atoms with Gasteiger partial charge in [-0.1, -0.05) is 13.8 Å². The molecule has 0 atom stereocenters. The van der Waals surface area contributed by atoms with Crippen LogP contribution in [0.2, 0.25) is 0 Å². The van der Waals surface area contributed by atoms with E-state index in [9.17, 15) is 4.79 Å². The molecule has 100 valence electrons. The van der Waals surface area contributed by atoms with E-state index in [1.54, 1.807) is 6.20 Å². The molecule has 18 heavy (non-hydrogen) atoms. The Morgan fingerprint density at radius 1 is 1.50 bits per heavy atom. The van der Waals surface area contributed by atoms with Crippen molar-refractivity contribution in [2.45, 2.75) is 20.4 Å². The fourth-order valence-electron chi connectivity index (χ4n) is 1.45. The van der Waals surface area contributed by atoms with Gasteiger partial charge < -0.3 is 5.32 Å². The predicted octanol–water partition coefficient (Wildman–Crippen LogP) is 2.05. The van der Waals surface area contributed by atoms with Gasteiger partial charge in [0.2, 0.25) is 5.91 Å². The number of aromatic nitrogens is 1. The molecule has 1 heterocycles. The molecule has 0 radical (unpaired) electrons. The highest BCUT2D eigenvalue weighted by Crippen LogP contribution is 2.08. The van der Waals surface area contributed by atoms with Crippen LogP contribution in [0.15, 0.2) is 22.8 Å². The van der Waals surface area contributed by atoms with Gasteiger partial charge in [-0.15, -0.1) is 0 Å². The maximum Gasteiger partial charge on any atom is 0.234 e. The third-order valence-corrected chi connectivity index (χ3v) is 2.81. The van der Waals surface area contributed by atoms with Gasteiger partial charge in [0.25, 0.3) is 0 Å². The number of nitrogens with one attached hydrogen (secondary N) is 1. The van der Waals surface area contributed by atoms with Crippen LogP contribution >= 0.6 is 15.9 Å². The van der Waals surface area contributed by atoms with Crippen LogP contribution in [0.5, 0.6) is 0 Å². The summed E-state index contributed by atoms with van der Waals surface area (Å²) in [5, 5.41) is 2.90. The normalized spacial score (nSPS) is 11.0. The van der Waals surface area contributed by atoms with E-state index in [0.717, 1.165) is 16.7 Å². The fraction of sp³-hybridized carbons (Fsp3) is 0.538. The van der Waals surface area contributed by atoms with Crippen molar-refractivity contribution >= 4 is 21.8 Å². The highest BCUT2D eigenvalue weighted by molar-refractivity contribution is 9.10. The Labute approximate surface area is 117 Å². The molecule has 0 aliphatic carbocycles. The Hall–Kier alpha value is -0.940. The predicted molar refractivity (Wildman–Crippen MR) is 76.1 cm³/mol. The third-order valence-electron chi connectivity index (χ3n) is 2.34. The molecular formula is C13H20BrN3O. The number of rotatable bonds is 6. The third kappa shape index (κ3) is 6.12. The second kappa shape index (κ2) is 7.48. The fourth-order valence-corrected chi connectivity index (χ4v) is 1.69. The minimum absolute atomic E-state index is 0.0586. The Kier molecular flexibility index (Phi) is 6.29. The molecule has 1 N–H and O–H groups in total. The molecule has 0 saturated heterocycles. The molecule has 0 aliphatic rings. The molecule has 0 bridgehead atoms. The SMILES string of the molecule is CC(C)CNC(=O)CN(C)Cc1ccc(Br)cn1. The summed E-state index contributed by atoms with van der Waals surface area (Å²) in [4.78, 5) is 17.9. The van der Waals surface area contributed by atoms with Crippen molar-refractivity contribution in [2.75, 3.05) is 20.1 Å². The number of pyridine rings is 1. The molecule has 0 fully saturated rings. The number of carbonyl (C=O) groups is 1. The summed E-state index contributed by atoms with van der Waals surface area (Å²) in [5.41, 5.74) is 0.956. The number of carbonyl (C=O) groups excluding carboxylic acids is 1. The minimum Gasteiger partial charge on any atom is -0.355 e. The first-order valence-electron chi connectivity index (χ1n) is 6.03. The second-order valence-corrected chi connectivity index (χ2v) is 5.75. The first-order valence-corrected chi connectivity index (χ1v) is 6.82. The number of likely N-dealkylation sites (N-methyl/N-ethyl adjacent to an activating group) is 1. The van der Waals surface area contributed by atoms with Crippen LogP contribution in [-0.4, -0.2) is 35.9 Å². The van der Waals surface area contributed by atoms with Crippen molar-refractivity contribution in [1.82, 2.24) is 15.2 Å². The largest absolute Gasteiger partial charge is 0.355 e. The Bertz CT molecular complexity index is 378. The first-order chi connectivity index (χ1) is 8.47. The van der Waals surface area contributed by atoms with Crippen LogP contribution in [0.3, 0.4) is 0 Å². The molecule has 4 nitrogen and oxygen atoms in total. The van der Waals surface area contributed by atoms with Crippen molar-refractivity contribution < 1.29 is 4.79 Å². The van der Waals surface area contributed by atoms with Gasteiger partial charge in [-0.3, -0.25) is 14.7 Å². The van der Waals surface area contributed by atoms with Gasteiger partial charge >= 0.3 is 0 Å². The highest BCUT2D eigenvalue weighted by Gasteiger charge is 2.07. The Morgan fingerprint density at radius 2 is 2.22 bits per heavy atom. The molecule has 1 aromatic rings. The Morgan fingerprint density at radius 3 is 2.78 bits per heavy atom. The summed E-state index contributed by atoms with van der Waals surface area (Å²) in [6.45, 7) is 5.95. The highest BCUT2D eigenvalue weighted by atomic mass is 79.9. The zero-order chi connectivity index (χ0) is 13.5. The lowest BCUT2D eigenvalue weighted by Gasteiger charge is -2.16. The molecular weight excluding hydrogens is 294 g/mol. The zero-order valence-corrected chi connectivity index (χ0v) is 12.7. The van der Waals surface area contributed by atoms with Crippen LogP contribution in [-0.2, 0) is 11.3 Å². The quantitative estimate of drug-likeness (QED) is 0.874. The molecule has 0 unspecified atom stereocenters.